The van der Waals surface area contributed by atoms with Crippen LogP contribution in [0.1, 0.15) is 12.5 Å². The summed E-state index contributed by atoms with van der Waals surface area (Å²) in [5.41, 5.74) is 0.727. The minimum atomic E-state index is -3.46. The Labute approximate surface area is 113 Å². The van der Waals surface area contributed by atoms with Gasteiger partial charge in [-0.15, -0.1) is 0 Å². The van der Waals surface area contributed by atoms with Crippen LogP contribution in [0.5, 0.6) is 0 Å². The van der Waals surface area contributed by atoms with Gasteiger partial charge in [-0.2, -0.15) is 4.31 Å². The van der Waals surface area contributed by atoms with Gasteiger partial charge in [-0.25, -0.2) is 8.42 Å². The molecule has 1 heterocycles. The van der Waals surface area contributed by atoms with Crippen molar-refractivity contribution in [2.24, 2.45) is 0 Å². The molecule has 1 aromatic rings. The Morgan fingerprint density at radius 1 is 1.44 bits per heavy atom. The SMILES string of the molecule is Cc1ccc(Cl)cc1S(=O)(=O)N1CCNC[C@@H]1C. The Hall–Kier alpha value is -0.620. The van der Waals surface area contributed by atoms with E-state index in [1.165, 1.54) is 6.07 Å². The standard InChI is InChI=1S/C12H17ClN2O2S/c1-9-3-4-11(13)7-12(9)18(16,17)15-6-5-14-8-10(15)2/h3-4,7,10,14H,5-6,8H2,1-2H3/t10-/m0/s1. The number of nitrogens with one attached hydrogen (secondary N) is 1. The molecule has 0 amide bonds. The highest BCUT2D eigenvalue weighted by Crippen LogP contribution is 2.25. The Bertz CT molecular complexity index is 545. The molecule has 0 radical (unpaired) electrons. The van der Waals surface area contributed by atoms with Gasteiger partial charge in [0.2, 0.25) is 10.0 Å². The Balaban J connectivity index is 2.44. The molecule has 0 saturated carbocycles. The molecule has 1 saturated heterocycles. The van der Waals surface area contributed by atoms with E-state index in [0.717, 1.165) is 5.56 Å². The summed E-state index contributed by atoms with van der Waals surface area (Å²) in [5.74, 6) is 0. The van der Waals surface area contributed by atoms with Crippen molar-refractivity contribution in [3.63, 3.8) is 0 Å². The van der Waals surface area contributed by atoms with Gasteiger partial charge in [0.05, 0.1) is 4.90 Å². The molecule has 100 valence electrons. The van der Waals surface area contributed by atoms with E-state index in [9.17, 15) is 8.42 Å². The zero-order chi connectivity index (χ0) is 13.3. The fourth-order valence-electron chi connectivity index (χ4n) is 2.16. The quantitative estimate of drug-likeness (QED) is 0.900. The number of hydrogen-bond acceptors (Lipinski definition) is 3. The van der Waals surface area contributed by atoms with Crippen LogP contribution in [-0.4, -0.2) is 38.4 Å². The number of nitrogens with zero attached hydrogens (tertiary/aromatic N) is 1. The summed E-state index contributed by atoms with van der Waals surface area (Å²) < 4.78 is 26.8. The molecule has 1 aromatic carbocycles. The number of halogens is 1. The van der Waals surface area contributed by atoms with Gasteiger partial charge in [0.1, 0.15) is 0 Å². The van der Waals surface area contributed by atoms with Crippen LogP contribution in [0.4, 0.5) is 0 Å². The van der Waals surface area contributed by atoms with Crippen LogP contribution in [0, 0.1) is 6.92 Å². The molecule has 0 aliphatic carbocycles. The largest absolute Gasteiger partial charge is 0.314 e. The molecule has 0 unspecified atom stereocenters. The van der Waals surface area contributed by atoms with Crippen molar-refractivity contribution in [3.05, 3.63) is 28.8 Å². The van der Waals surface area contributed by atoms with E-state index in [-0.39, 0.29) is 6.04 Å². The van der Waals surface area contributed by atoms with Crippen LogP contribution < -0.4 is 5.32 Å². The average Bonchev–Trinajstić information content (AvgIpc) is 2.32. The molecule has 2 rings (SSSR count). The fraction of sp³-hybridized carbons (Fsp3) is 0.500. The van der Waals surface area contributed by atoms with Crippen molar-refractivity contribution in [1.29, 1.82) is 0 Å². The van der Waals surface area contributed by atoms with E-state index >= 15 is 0 Å². The molecule has 1 atom stereocenters. The Morgan fingerprint density at radius 2 is 2.17 bits per heavy atom. The monoisotopic (exact) mass is 288 g/mol. The normalized spacial score (nSPS) is 22.1. The van der Waals surface area contributed by atoms with Crippen molar-refractivity contribution in [1.82, 2.24) is 9.62 Å². The van der Waals surface area contributed by atoms with E-state index in [4.69, 9.17) is 11.6 Å². The van der Waals surface area contributed by atoms with Crippen molar-refractivity contribution in [2.45, 2.75) is 24.8 Å². The number of rotatable bonds is 2. The van der Waals surface area contributed by atoms with Gasteiger partial charge < -0.3 is 5.32 Å². The summed E-state index contributed by atoms with van der Waals surface area (Å²) in [6, 6.07) is 4.93. The van der Waals surface area contributed by atoms with Crippen molar-refractivity contribution in [2.75, 3.05) is 19.6 Å². The third kappa shape index (κ3) is 2.54. The van der Waals surface area contributed by atoms with E-state index in [0.29, 0.717) is 29.6 Å². The minimum Gasteiger partial charge on any atom is -0.314 e. The molecular weight excluding hydrogens is 272 g/mol. The Morgan fingerprint density at radius 3 is 2.83 bits per heavy atom. The summed E-state index contributed by atoms with van der Waals surface area (Å²) >= 11 is 5.90. The Kier molecular flexibility index (Phi) is 3.96. The van der Waals surface area contributed by atoms with Gasteiger partial charge in [0, 0.05) is 30.7 Å². The maximum Gasteiger partial charge on any atom is 0.243 e. The highest BCUT2D eigenvalue weighted by atomic mass is 35.5. The third-order valence-corrected chi connectivity index (χ3v) is 5.57. The maximum atomic E-state index is 12.6. The number of benzene rings is 1. The molecule has 0 bridgehead atoms. The molecule has 18 heavy (non-hydrogen) atoms. The predicted octanol–water partition coefficient (Wildman–Crippen LogP) is 1.63. The summed E-state index contributed by atoms with van der Waals surface area (Å²) in [4.78, 5) is 0.309. The molecule has 6 heteroatoms. The molecule has 1 aliphatic rings. The maximum absolute atomic E-state index is 12.6. The highest BCUT2D eigenvalue weighted by Gasteiger charge is 2.31. The molecule has 4 nitrogen and oxygen atoms in total. The van der Waals surface area contributed by atoms with Gasteiger partial charge in [-0.1, -0.05) is 17.7 Å². The topological polar surface area (TPSA) is 49.4 Å². The van der Waals surface area contributed by atoms with Crippen LogP contribution in [0.3, 0.4) is 0 Å². The molecule has 1 N–H and O–H groups in total. The van der Waals surface area contributed by atoms with Gasteiger partial charge in [0.15, 0.2) is 0 Å². The van der Waals surface area contributed by atoms with Crippen LogP contribution in [0.25, 0.3) is 0 Å². The lowest BCUT2D eigenvalue weighted by Gasteiger charge is -2.33. The van der Waals surface area contributed by atoms with Gasteiger partial charge in [-0.3, -0.25) is 0 Å². The van der Waals surface area contributed by atoms with Crippen LogP contribution in [0.2, 0.25) is 5.02 Å². The zero-order valence-corrected chi connectivity index (χ0v) is 12.1. The van der Waals surface area contributed by atoms with Crippen molar-refractivity contribution >= 4 is 21.6 Å². The van der Waals surface area contributed by atoms with Crippen LogP contribution >= 0.6 is 11.6 Å². The lowest BCUT2D eigenvalue weighted by Crippen LogP contribution is -2.52. The highest BCUT2D eigenvalue weighted by molar-refractivity contribution is 7.89. The van der Waals surface area contributed by atoms with Gasteiger partial charge >= 0.3 is 0 Å². The van der Waals surface area contributed by atoms with Crippen molar-refractivity contribution in [3.8, 4) is 0 Å². The number of piperazine rings is 1. The number of hydrogen-bond donors (Lipinski definition) is 1. The smallest absolute Gasteiger partial charge is 0.243 e. The molecule has 0 aromatic heterocycles. The van der Waals surface area contributed by atoms with Crippen LogP contribution in [0.15, 0.2) is 23.1 Å². The molecule has 0 spiro atoms. The second-order valence-corrected chi connectivity index (χ2v) is 6.87. The second-order valence-electron chi connectivity index (χ2n) is 4.58. The van der Waals surface area contributed by atoms with E-state index in [2.05, 4.69) is 5.32 Å². The lowest BCUT2D eigenvalue weighted by molar-refractivity contribution is 0.283. The van der Waals surface area contributed by atoms with Gasteiger partial charge in [-0.05, 0) is 31.5 Å². The first-order valence-electron chi connectivity index (χ1n) is 5.91. The minimum absolute atomic E-state index is 0.0397. The first kappa shape index (κ1) is 13.8. The fourth-order valence-corrected chi connectivity index (χ4v) is 4.28. The van der Waals surface area contributed by atoms with E-state index in [1.807, 2.05) is 6.92 Å². The second kappa shape index (κ2) is 5.17. The molecule has 1 fully saturated rings. The number of aryl methyl sites for hydroxylation is 1. The van der Waals surface area contributed by atoms with Crippen molar-refractivity contribution < 1.29 is 8.42 Å². The van der Waals surface area contributed by atoms with Gasteiger partial charge in [0.25, 0.3) is 0 Å². The van der Waals surface area contributed by atoms with E-state index in [1.54, 1.807) is 23.4 Å². The summed E-state index contributed by atoms with van der Waals surface area (Å²) in [7, 11) is -3.46. The molecular formula is C12H17ClN2O2S. The van der Waals surface area contributed by atoms with Crippen LogP contribution in [-0.2, 0) is 10.0 Å². The molecule has 1 aliphatic heterocycles. The summed E-state index contributed by atoms with van der Waals surface area (Å²) in [6.45, 7) is 5.55. The zero-order valence-electron chi connectivity index (χ0n) is 10.5. The first-order chi connectivity index (χ1) is 8.43. The number of sulfonamides is 1. The predicted molar refractivity (Wildman–Crippen MR) is 72.4 cm³/mol. The summed E-state index contributed by atoms with van der Waals surface area (Å²) in [5, 5.41) is 3.63. The lowest BCUT2D eigenvalue weighted by atomic mass is 10.2. The average molecular weight is 289 g/mol. The van der Waals surface area contributed by atoms with E-state index < -0.39 is 10.0 Å². The summed E-state index contributed by atoms with van der Waals surface area (Å²) in [6.07, 6.45) is 0. The third-order valence-electron chi connectivity index (χ3n) is 3.18. The first-order valence-corrected chi connectivity index (χ1v) is 7.73.